The molecule has 0 atom stereocenters. The number of nitrogens with one attached hydrogen (secondary N) is 2. The van der Waals surface area contributed by atoms with Crippen LogP contribution in [0.5, 0.6) is 0 Å². The summed E-state index contributed by atoms with van der Waals surface area (Å²) in [5.74, 6) is -1.77. The molecule has 0 heterocycles. The van der Waals surface area contributed by atoms with Gasteiger partial charge in [-0.1, -0.05) is 30.3 Å². The van der Waals surface area contributed by atoms with Crippen LogP contribution in [0.4, 0.5) is 0 Å². The summed E-state index contributed by atoms with van der Waals surface area (Å²) in [7, 11) is -3.71. The van der Waals surface area contributed by atoms with Crippen molar-refractivity contribution in [2.45, 2.75) is 6.54 Å². The van der Waals surface area contributed by atoms with Gasteiger partial charge in [-0.25, -0.2) is 18.6 Å². The van der Waals surface area contributed by atoms with Crippen LogP contribution in [0.3, 0.4) is 0 Å². The lowest BCUT2D eigenvalue weighted by Gasteiger charge is -2.05. The normalized spacial score (nSPS) is 11.1. The van der Waals surface area contributed by atoms with Crippen molar-refractivity contribution in [2.24, 2.45) is 0 Å². The van der Waals surface area contributed by atoms with Crippen LogP contribution in [-0.2, 0) is 21.4 Å². The molecule has 0 aliphatic carbocycles. The van der Waals surface area contributed by atoms with Crippen molar-refractivity contribution in [3.63, 3.8) is 0 Å². The Morgan fingerprint density at radius 1 is 1.25 bits per heavy atom. The van der Waals surface area contributed by atoms with Gasteiger partial charge >= 0.3 is 0 Å². The summed E-state index contributed by atoms with van der Waals surface area (Å²) in [4.78, 5) is 10.7. The van der Waals surface area contributed by atoms with Gasteiger partial charge in [0.15, 0.2) is 0 Å². The summed E-state index contributed by atoms with van der Waals surface area (Å²) >= 11 is 0. The molecule has 0 saturated carbocycles. The van der Waals surface area contributed by atoms with Crippen molar-refractivity contribution in [3.8, 4) is 0 Å². The van der Waals surface area contributed by atoms with Crippen LogP contribution < -0.4 is 10.2 Å². The predicted octanol–water partition coefficient (Wildman–Crippen LogP) is -0.389. The molecule has 6 nitrogen and oxygen atoms in total. The Balaban J connectivity index is 2.52. The zero-order valence-electron chi connectivity index (χ0n) is 8.38. The molecule has 1 aromatic rings. The van der Waals surface area contributed by atoms with Crippen molar-refractivity contribution >= 4 is 15.9 Å². The van der Waals surface area contributed by atoms with E-state index < -0.39 is 21.7 Å². The second kappa shape index (κ2) is 5.59. The van der Waals surface area contributed by atoms with E-state index in [1.165, 1.54) is 5.48 Å². The minimum absolute atomic E-state index is 0.113. The molecule has 0 aromatic heterocycles. The molecule has 0 saturated heterocycles. The van der Waals surface area contributed by atoms with E-state index >= 15 is 0 Å². The second-order valence-corrected chi connectivity index (χ2v) is 4.91. The molecule has 0 aliphatic heterocycles. The molecule has 7 heteroatoms. The Morgan fingerprint density at radius 2 is 1.88 bits per heavy atom. The van der Waals surface area contributed by atoms with E-state index in [4.69, 9.17) is 5.21 Å². The van der Waals surface area contributed by atoms with Crippen LogP contribution in [0.2, 0.25) is 0 Å². The molecule has 16 heavy (non-hydrogen) atoms. The van der Waals surface area contributed by atoms with Gasteiger partial charge in [-0.2, -0.15) is 0 Å². The van der Waals surface area contributed by atoms with Gasteiger partial charge in [0.2, 0.25) is 10.0 Å². The Morgan fingerprint density at radius 3 is 2.44 bits per heavy atom. The molecule has 88 valence electrons. The third-order valence-electron chi connectivity index (χ3n) is 1.78. The van der Waals surface area contributed by atoms with E-state index in [1.54, 1.807) is 24.3 Å². The topological polar surface area (TPSA) is 95.5 Å². The highest BCUT2D eigenvalue weighted by Gasteiger charge is 2.15. The van der Waals surface area contributed by atoms with Gasteiger partial charge in [0, 0.05) is 6.54 Å². The Bertz CT molecular complexity index is 444. The van der Waals surface area contributed by atoms with Crippen LogP contribution in [-0.4, -0.2) is 25.3 Å². The first kappa shape index (κ1) is 12.6. The highest BCUT2D eigenvalue weighted by Crippen LogP contribution is 1.98. The fourth-order valence-electron chi connectivity index (χ4n) is 1.05. The average molecular weight is 244 g/mol. The molecule has 0 radical (unpaired) electrons. The first-order valence-electron chi connectivity index (χ1n) is 4.48. The molecule has 1 rings (SSSR count). The number of hydrogen-bond donors (Lipinski definition) is 3. The number of rotatable bonds is 5. The van der Waals surface area contributed by atoms with Crippen LogP contribution in [0.15, 0.2) is 30.3 Å². The Hall–Kier alpha value is -1.44. The molecule has 1 aromatic carbocycles. The van der Waals surface area contributed by atoms with Crippen molar-refractivity contribution in [3.05, 3.63) is 35.9 Å². The number of benzene rings is 1. The van der Waals surface area contributed by atoms with E-state index in [2.05, 4.69) is 4.72 Å². The summed E-state index contributed by atoms with van der Waals surface area (Å²) in [6.45, 7) is 0.113. The Labute approximate surface area is 93.3 Å². The SMILES string of the molecule is O=C(CS(=O)(=O)NCc1ccccc1)NO. The highest BCUT2D eigenvalue weighted by atomic mass is 32.2. The minimum atomic E-state index is -3.71. The van der Waals surface area contributed by atoms with E-state index in [1.807, 2.05) is 6.07 Å². The average Bonchev–Trinajstić information content (AvgIpc) is 2.27. The molecule has 3 N–H and O–H groups in total. The monoisotopic (exact) mass is 244 g/mol. The van der Waals surface area contributed by atoms with Crippen molar-refractivity contribution in [1.82, 2.24) is 10.2 Å². The first-order valence-corrected chi connectivity index (χ1v) is 6.13. The zero-order valence-corrected chi connectivity index (χ0v) is 9.20. The van der Waals surface area contributed by atoms with Crippen LogP contribution >= 0.6 is 0 Å². The lowest BCUT2D eigenvalue weighted by Crippen LogP contribution is -2.34. The molecular weight excluding hydrogens is 232 g/mol. The lowest BCUT2D eigenvalue weighted by molar-refractivity contribution is -0.126. The molecule has 0 unspecified atom stereocenters. The van der Waals surface area contributed by atoms with Crippen molar-refractivity contribution < 1.29 is 18.4 Å². The molecular formula is C9H12N2O4S. The number of hydrogen-bond acceptors (Lipinski definition) is 4. The maximum Gasteiger partial charge on any atom is 0.259 e. The quantitative estimate of drug-likeness (QED) is 0.485. The predicted molar refractivity (Wildman–Crippen MR) is 57.0 cm³/mol. The van der Waals surface area contributed by atoms with Crippen molar-refractivity contribution in [2.75, 3.05) is 5.75 Å². The van der Waals surface area contributed by atoms with Crippen molar-refractivity contribution in [1.29, 1.82) is 0 Å². The van der Waals surface area contributed by atoms with Gasteiger partial charge in [-0.05, 0) is 5.56 Å². The number of carbonyl (C=O) groups excluding carboxylic acids is 1. The van der Waals surface area contributed by atoms with Gasteiger partial charge in [-0.3, -0.25) is 10.0 Å². The van der Waals surface area contributed by atoms with Crippen LogP contribution in [0, 0.1) is 0 Å². The van der Waals surface area contributed by atoms with E-state index in [0.717, 1.165) is 5.56 Å². The summed E-state index contributed by atoms with van der Waals surface area (Å²) in [5.41, 5.74) is 2.05. The summed E-state index contributed by atoms with van der Waals surface area (Å²) in [5, 5.41) is 8.19. The molecule has 0 bridgehead atoms. The van der Waals surface area contributed by atoms with Crippen LogP contribution in [0.25, 0.3) is 0 Å². The highest BCUT2D eigenvalue weighted by molar-refractivity contribution is 7.90. The fourth-order valence-corrected chi connectivity index (χ4v) is 1.94. The Kier molecular flexibility index (Phi) is 4.41. The summed E-state index contributed by atoms with van der Waals surface area (Å²) in [6, 6.07) is 8.90. The largest absolute Gasteiger partial charge is 0.289 e. The second-order valence-electron chi connectivity index (χ2n) is 3.10. The molecule has 0 aliphatic rings. The fraction of sp³-hybridized carbons (Fsp3) is 0.222. The number of hydroxylamine groups is 1. The third kappa shape index (κ3) is 4.39. The number of amides is 1. The van der Waals surface area contributed by atoms with Gasteiger partial charge in [0.05, 0.1) is 0 Å². The van der Waals surface area contributed by atoms with E-state index in [0.29, 0.717) is 0 Å². The maximum atomic E-state index is 11.3. The molecule has 0 spiro atoms. The summed E-state index contributed by atoms with van der Waals surface area (Å²) in [6.07, 6.45) is 0. The van der Waals surface area contributed by atoms with Gasteiger partial charge in [-0.15, -0.1) is 0 Å². The van der Waals surface area contributed by atoms with Gasteiger partial charge < -0.3 is 0 Å². The standard InChI is InChI=1S/C9H12N2O4S/c12-9(11-13)7-16(14,15)10-6-8-4-2-1-3-5-8/h1-5,10,13H,6-7H2,(H,11,12). The van der Waals surface area contributed by atoms with Crippen LogP contribution in [0.1, 0.15) is 5.56 Å². The van der Waals surface area contributed by atoms with E-state index in [9.17, 15) is 13.2 Å². The zero-order chi connectivity index (χ0) is 12.0. The first-order chi connectivity index (χ1) is 7.53. The summed E-state index contributed by atoms with van der Waals surface area (Å²) < 4.78 is 24.8. The smallest absolute Gasteiger partial charge is 0.259 e. The number of sulfonamides is 1. The van der Waals surface area contributed by atoms with Gasteiger partial charge in [0.1, 0.15) is 5.75 Å². The third-order valence-corrected chi connectivity index (χ3v) is 3.01. The lowest BCUT2D eigenvalue weighted by atomic mass is 10.2. The van der Waals surface area contributed by atoms with E-state index in [-0.39, 0.29) is 6.54 Å². The van der Waals surface area contributed by atoms with Gasteiger partial charge in [0.25, 0.3) is 5.91 Å². The maximum absolute atomic E-state index is 11.3. The number of carbonyl (C=O) groups is 1. The minimum Gasteiger partial charge on any atom is -0.289 e. The molecule has 1 amide bonds. The molecule has 0 fully saturated rings.